The minimum atomic E-state index is 0.0439. The van der Waals surface area contributed by atoms with Crippen molar-refractivity contribution in [2.24, 2.45) is 0 Å². The first-order valence-electron chi connectivity index (χ1n) is 6.32. The van der Waals surface area contributed by atoms with Gasteiger partial charge in [0, 0.05) is 6.07 Å². The lowest BCUT2D eigenvalue weighted by Gasteiger charge is -2.13. The maximum absolute atomic E-state index is 8.75. The molecule has 0 heterocycles. The largest absolute Gasteiger partial charge is 0.489 e. The molecule has 0 unspecified atom stereocenters. The molecule has 0 atom stereocenters. The summed E-state index contributed by atoms with van der Waals surface area (Å²) >= 11 is 0. The first-order chi connectivity index (χ1) is 9.58. The smallest absolute Gasteiger partial charge is 0.146 e. The molecule has 4 heteroatoms. The van der Waals surface area contributed by atoms with Gasteiger partial charge in [0.05, 0.1) is 23.4 Å². The van der Waals surface area contributed by atoms with Crippen molar-refractivity contribution in [1.82, 2.24) is 0 Å². The fraction of sp³-hybridized carbons (Fsp3) is 0.188. The quantitative estimate of drug-likeness (QED) is 0.858. The summed E-state index contributed by atoms with van der Waals surface area (Å²) in [7, 11) is 0. The van der Waals surface area contributed by atoms with E-state index >= 15 is 0 Å². The SMILES string of the molecule is CC(C)Oc1cc(Oc2ccc(C#N)cc2)ccc1N. The highest BCUT2D eigenvalue weighted by molar-refractivity contribution is 5.56. The molecular formula is C16H16N2O2. The summed E-state index contributed by atoms with van der Waals surface area (Å²) in [5.41, 5.74) is 7.02. The zero-order chi connectivity index (χ0) is 14.5. The number of nitrogens with two attached hydrogens (primary N) is 1. The molecule has 0 amide bonds. The third-order valence-electron chi connectivity index (χ3n) is 2.57. The monoisotopic (exact) mass is 268 g/mol. The van der Waals surface area contributed by atoms with Crippen LogP contribution in [0.5, 0.6) is 17.2 Å². The molecule has 0 fully saturated rings. The maximum atomic E-state index is 8.75. The van der Waals surface area contributed by atoms with Crippen molar-refractivity contribution in [1.29, 1.82) is 5.26 Å². The van der Waals surface area contributed by atoms with Gasteiger partial charge in [-0.2, -0.15) is 5.26 Å². The molecule has 2 rings (SSSR count). The molecule has 102 valence electrons. The summed E-state index contributed by atoms with van der Waals surface area (Å²) in [4.78, 5) is 0. The lowest BCUT2D eigenvalue weighted by Crippen LogP contribution is -2.07. The van der Waals surface area contributed by atoms with E-state index in [2.05, 4.69) is 6.07 Å². The Labute approximate surface area is 118 Å². The maximum Gasteiger partial charge on any atom is 0.146 e. The highest BCUT2D eigenvalue weighted by atomic mass is 16.5. The number of anilines is 1. The zero-order valence-corrected chi connectivity index (χ0v) is 11.5. The Bertz CT molecular complexity index is 628. The Kier molecular flexibility index (Phi) is 4.11. The molecule has 0 aliphatic carbocycles. The van der Waals surface area contributed by atoms with Gasteiger partial charge in [-0.05, 0) is 50.2 Å². The molecule has 2 N–H and O–H groups in total. The summed E-state index contributed by atoms with van der Waals surface area (Å²) in [5.74, 6) is 1.90. The van der Waals surface area contributed by atoms with Gasteiger partial charge in [-0.25, -0.2) is 0 Å². The molecule has 0 spiro atoms. The minimum absolute atomic E-state index is 0.0439. The van der Waals surface area contributed by atoms with Crippen LogP contribution in [-0.2, 0) is 0 Å². The summed E-state index contributed by atoms with van der Waals surface area (Å²) in [6.45, 7) is 3.88. The molecule has 0 radical (unpaired) electrons. The van der Waals surface area contributed by atoms with E-state index in [1.54, 1.807) is 42.5 Å². The van der Waals surface area contributed by atoms with Crippen LogP contribution in [-0.4, -0.2) is 6.10 Å². The van der Waals surface area contributed by atoms with E-state index in [4.69, 9.17) is 20.5 Å². The van der Waals surface area contributed by atoms with Crippen molar-refractivity contribution >= 4 is 5.69 Å². The van der Waals surface area contributed by atoms with Gasteiger partial charge in [-0.1, -0.05) is 0 Å². The lowest BCUT2D eigenvalue weighted by molar-refractivity contribution is 0.243. The first kappa shape index (κ1) is 13.8. The Morgan fingerprint density at radius 2 is 1.70 bits per heavy atom. The predicted molar refractivity (Wildman–Crippen MR) is 77.8 cm³/mol. The second-order valence-electron chi connectivity index (χ2n) is 4.60. The summed E-state index contributed by atoms with van der Waals surface area (Å²) in [6.07, 6.45) is 0.0439. The number of rotatable bonds is 4. The molecule has 2 aromatic carbocycles. The third kappa shape index (κ3) is 3.42. The van der Waals surface area contributed by atoms with Gasteiger partial charge in [-0.3, -0.25) is 0 Å². The van der Waals surface area contributed by atoms with Crippen molar-refractivity contribution in [3.05, 3.63) is 48.0 Å². The van der Waals surface area contributed by atoms with Crippen LogP contribution in [0.3, 0.4) is 0 Å². The van der Waals surface area contributed by atoms with Crippen molar-refractivity contribution in [3.8, 4) is 23.3 Å². The van der Waals surface area contributed by atoms with E-state index in [-0.39, 0.29) is 6.10 Å². The van der Waals surface area contributed by atoms with Crippen molar-refractivity contribution in [3.63, 3.8) is 0 Å². The summed E-state index contributed by atoms with van der Waals surface area (Å²) in [6, 6.07) is 14.3. The van der Waals surface area contributed by atoms with E-state index in [1.165, 1.54) is 0 Å². The number of nitriles is 1. The van der Waals surface area contributed by atoms with Gasteiger partial charge in [0.25, 0.3) is 0 Å². The predicted octanol–water partition coefficient (Wildman–Crippen LogP) is 3.72. The van der Waals surface area contributed by atoms with Crippen LogP contribution in [0.25, 0.3) is 0 Å². The number of benzene rings is 2. The van der Waals surface area contributed by atoms with Gasteiger partial charge in [0.15, 0.2) is 0 Å². The second-order valence-corrected chi connectivity index (χ2v) is 4.60. The van der Waals surface area contributed by atoms with Gasteiger partial charge in [-0.15, -0.1) is 0 Å². The van der Waals surface area contributed by atoms with Crippen molar-refractivity contribution in [2.45, 2.75) is 20.0 Å². The standard InChI is InChI=1S/C16H16N2O2/c1-11(2)19-16-9-14(7-8-15(16)18)20-13-5-3-12(10-17)4-6-13/h3-9,11H,18H2,1-2H3. The Hall–Kier alpha value is -2.67. The molecule has 4 nitrogen and oxygen atoms in total. The van der Waals surface area contributed by atoms with Gasteiger partial charge >= 0.3 is 0 Å². The van der Waals surface area contributed by atoms with Crippen molar-refractivity contribution < 1.29 is 9.47 Å². The number of nitrogens with zero attached hydrogens (tertiary/aromatic N) is 1. The Balaban J connectivity index is 2.18. The highest BCUT2D eigenvalue weighted by Gasteiger charge is 2.06. The van der Waals surface area contributed by atoms with Crippen LogP contribution in [0.1, 0.15) is 19.4 Å². The fourth-order valence-corrected chi connectivity index (χ4v) is 1.67. The lowest BCUT2D eigenvalue weighted by atomic mass is 10.2. The topological polar surface area (TPSA) is 68.3 Å². The van der Waals surface area contributed by atoms with Crippen LogP contribution in [0.2, 0.25) is 0 Å². The van der Waals surface area contributed by atoms with Crippen LogP contribution in [0, 0.1) is 11.3 Å². The molecule has 0 saturated carbocycles. The van der Waals surface area contributed by atoms with Crippen molar-refractivity contribution in [2.75, 3.05) is 5.73 Å². The van der Waals surface area contributed by atoms with Gasteiger partial charge in [0.2, 0.25) is 0 Å². The van der Waals surface area contributed by atoms with Crippen LogP contribution in [0.4, 0.5) is 5.69 Å². The molecule has 0 aromatic heterocycles. The zero-order valence-electron chi connectivity index (χ0n) is 11.5. The van der Waals surface area contributed by atoms with Crippen LogP contribution in [0.15, 0.2) is 42.5 Å². The van der Waals surface area contributed by atoms with Crippen LogP contribution >= 0.6 is 0 Å². The average Bonchev–Trinajstić information content (AvgIpc) is 2.43. The molecule has 0 saturated heterocycles. The molecular weight excluding hydrogens is 252 g/mol. The summed E-state index contributed by atoms with van der Waals surface area (Å²) in [5, 5.41) is 8.75. The molecule has 20 heavy (non-hydrogen) atoms. The number of nitrogen functional groups attached to an aromatic ring is 1. The van der Waals surface area contributed by atoms with Crippen LogP contribution < -0.4 is 15.2 Å². The fourth-order valence-electron chi connectivity index (χ4n) is 1.67. The first-order valence-corrected chi connectivity index (χ1v) is 6.32. The normalized spacial score (nSPS) is 10.1. The number of ether oxygens (including phenoxy) is 2. The third-order valence-corrected chi connectivity index (χ3v) is 2.57. The van der Waals surface area contributed by atoms with Gasteiger partial charge < -0.3 is 15.2 Å². The second kappa shape index (κ2) is 5.98. The molecule has 0 aliphatic rings. The van der Waals surface area contributed by atoms with E-state index in [0.717, 1.165) is 0 Å². The molecule has 2 aromatic rings. The van der Waals surface area contributed by atoms with E-state index < -0.39 is 0 Å². The average molecular weight is 268 g/mol. The van der Waals surface area contributed by atoms with E-state index in [0.29, 0.717) is 28.5 Å². The number of hydrogen-bond donors (Lipinski definition) is 1. The van der Waals surface area contributed by atoms with E-state index in [9.17, 15) is 0 Å². The Morgan fingerprint density at radius 3 is 2.30 bits per heavy atom. The Morgan fingerprint density at radius 1 is 1.05 bits per heavy atom. The number of hydrogen-bond acceptors (Lipinski definition) is 4. The minimum Gasteiger partial charge on any atom is -0.489 e. The van der Waals surface area contributed by atoms with Gasteiger partial charge in [0.1, 0.15) is 17.2 Å². The molecule has 0 aliphatic heterocycles. The summed E-state index contributed by atoms with van der Waals surface area (Å²) < 4.78 is 11.3. The highest BCUT2D eigenvalue weighted by Crippen LogP contribution is 2.30. The molecule has 0 bridgehead atoms. The van der Waals surface area contributed by atoms with E-state index in [1.807, 2.05) is 13.8 Å².